The van der Waals surface area contributed by atoms with Crippen LogP contribution >= 0.6 is 0 Å². The third-order valence-electron chi connectivity index (χ3n) is 7.07. The average Bonchev–Trinajstić information content (AvgIpc) is 3.55. The van der Waals surface area contributed by atoms with Crippen molar-refractivity contribution in [1.29, 1.82) is 0 Å². The van der Waals surface area contributed by atoms with E-state index >= 15 is 0 Å². The Morgan fingerprint density at radius 3 is 1.26 bits per heavy atom. The van der Waals surface area contributed by atoms with Crippen LogP contribution in [0.2, 0.25) is 0 Å². The van der Waals surface area contributed by atoms with E-state index in [0.717, 1.165) is 39.3 Å². The first-order chi connectivity index (χ1) is 18.3. The topological polar surface area (TPSA) is 37.4 Å². The highest BCUT2D eigenvalue weighted by Crippen LogP contribution is 2.12. The summed E-state index contributed by atoms with van der Waals surface area (Å²) >= 11 is 0. The molecule has 3 aliphatic heterocycles. The molecule has 3 saturated heterocycles. The molecule has 0 aromatic carbocycles. The molecule has 3 aliphatic rings. The van der Waals surface area contributed by atoms with Crippen molar-refractivity contribution < 1.29 is 18.6 Å². The van der Waals surface area contributed by atoms with Gasteiger partial charge in [-0.25, -0.2) is 4.39 Å². The fourth-order valence-electron chi connectivity index (χ4n) is 5.00. The molecule has 3 heterocycles. The third kappa shape index (κ3) is 21.5. The van der Waals surface area contributed by atoms with E-state index in [1.165, 1.54) is 84.2 Å². The molecule has 0 aromatic heterocycles. The molecule has 228 valence electrons. The van der Waals surface area contributed by atoms with Gasteiger partial charge in [0.2, 0.25) is 0 Å². The summed E-state index contributed by atoms with van der Waals surface area (Å²) in [6.45, 7) is 25.3. The second kappa shape index (κ2) is 23.4. The van der Waals surface area contributed by atoms with Gasteiger partial charge in [-0.1, -0.05) is 6.42 Å². The molecule has 0 saturated carbocycles. The fourth-order valence-corrected chi connectivity index (χ4v) is 5.00. The smallest absolute Gasteiger partial charge is 0.114 e. The van der Waals surface area contributed by atoms with Crippen molar-refractivity contribution in [1.82, 2.24) is 14.7 Å². The Kier molecular flexibility index (Phi) is 22.0. The highest BCUT2D eigenvalue weighted by Gasteiger charge is 2.20. The highest BCUT2D eigenvalue weighted by molar-refractivity contribution is 4.74. The minimum atomic E-state index is -0.592. The van der Waals surface area contributed by atoms with Crippen LogP contribution in [0.15, 0.2) is 0 Å². The number of piperidine rings is 1. The van der Waals surface area contributed by atoms with Gasteiger partial charge in [-0.2, -0.15) is 0 Å². The molecule has 3 rings (SSSR count). The lowest BCUT2D eigenvalue weighted by molar-refractivity contribution is 0.0690. The molecule has 38 heavy (non-hydrogen) atoms. The predicted octanol–water partition coefficient (Wildman–Crippen LogP) is 6.03. The monoisotopic (exact) mass is 545 g/mol. The van der Waals surface area contributed by atoms with Crippen molar-refractivity contribution in [2.24, 2.45) is 0 Å². The maximum absolute atomic E-state index is 12.7. The SMILES string of the molecule is CC(C)OCCCN1CCC(F)C1.CC(C)OCCCN1CCCC1.CC(C)OCCCN1CCCCC1. The lowest BCUT2D eigenvalue weighted by atomic mass is 10.1. The van der Waals surface area contributed by atoms with Gasteiger partial charge >= 0.3 is 0 Å². The molecule has 0 radical (unpaired) electrons. The van der Waals surface area contributed by atoms with Gasteiger partial charge in [-0.05, 0) is 119 Å². The van der Waals surface area contributed by atoms with E-state index < -0.39 is 6.17 Å². The molecule has 1 unspecified atom stereocenters. The molecule has 0 aromatic rings. The largest absolute Gasteiger partial charge is 0.379 e. The van der Waals surface area contributed by atoms with Gasteiger partial charge in [-0.15, -0.1) is 0 Å². The zero-order chi connectivity index (χ0) is 28.0. The summed E-state index contributed by atoms with van der Waals surface area (Å²) in [5, 5.41) is 0. The van der Waals surface area contributed by atoms with Crippen molar-refractivity contribution in [3.63, 3.8) is 0 Å². The number of ether oxygens (including phenoxy) is 3. The van der Waals surface area contributed by atoms with Gasteiger partial charge in [0.05, 0.1) is 18.3 Å². The Morgan fingerprint density at radius 2 is 0.921 bits per heavy atom. The Labute approximate surface area is 235 Å². The number of rotatable bonds is 15. The van der Waals surface area contributed by atoms with Crippen molar-refractivity contribution in [2.75, 3.05) is 78.7 Å². The Balaban J connectivity index is 0.000000285. The molecular weight excluding hydrogens is 481 g/mol. The minimum absolute atomic E-state index is 0.313. The summed E-state index contributed by atoms with van der Waals surface area (Å²) in [4.78, 5) is 7.27. The normalized spacial score (nSPS) is 21.2. The minimum Gasteiger partial charge on any atom is -0.379 e. The van der Waals surface area contributed by atoms with Crippen LogP contribution in [-0.2, 0) is 14.2 Å². The Morgan fingerprint density at radius 1 is 0.553 bits per heavy atom. The first-order valence-electron chi connectivity index (χ1n) is 15.9. The zero-order valence-corrected chi connectivity index (χ0v) is 26.1. The number of halogens is 1. The number of likely N-dealkylation sites (tertiary alicyclic amines) is 3. The van der Waals surface area contributed by atoms with Crippen LogP contribution in [0.4, 0.5) is 4.39 Å². The van der Waals surface area contributed by atoms with E-state index in [4.69, 9.17) is 14.2 Å². The Hall–Kier alpha value is -0.310. The van der Waals surface area contributed by atoms with E-state index in [1.54, 1.807) is 0 Å². The molecule has 7 heteroatoms. The maximum Gasteiger partial charge on any atom is 0.114 e. The molecule has 3 fully saturated rings. The van der Waals surface area contributed by atoms with E-state index in [1.807, 2.05) is 13.8 Å². The van der Waals surface area contributed by atoms with Crippen LogP contribution in [0.5, 0.6) is 0 Å². The molecule has 0 amide bonds. The van der Waals surface area contributed by atoms with Crippen LogP contribution in [0.25, 0.3) is 0 Å². The summed E-state index contributed by atoms with van der Waals surface area (Å²) in [7, 11) is 0. The standard InChI is InChI=1S/C11H23NO.C10H20FNO.C10H21NO/c1-11(2)13-10-6-9-12-7-4-3-5-8-12;1-9(2)13-7-3-5-12-6-4-10(11)8-12;1-10(2)12-9-5-8-11-6-3-4-7-11/h11H,3-10H2,1-2H3;9-10H,3-8H2,1-2H3;10H,3-9H2,1-2H3. The first-order valence-corrected chi connectivity index (χ1v) is 15.9. The summed E-state index contributed by atoms with van der Waals surface area (Å²) < 4.78 is 29.1. The summed E-state index contributed by atoms with van der Waals surface area (Å²) in [5.41, 5.74) is 0. The molecule has 0 aliphatic carbocycles. The maximum atomic E-state index is 12.7. The molecule has 0 spiro atoms. The van der Waals surface area contributed by atoms with Gasteiger partial charge < -0.3 is 28.9 Å². The first kappa shape index (κ1) is 35.7. The molecule has 1 atom stereocenters. The quantitative estimate of drug-likeness (QED) is 0.234. The number of nitrogens with zero attached hydrogens (tertiary/aromatic N) is 3. The van der Waals surface area contributed by atoms with Gasteiger partial charge in [0.25, 0.3) is 0 Å². The average molecular weight is 546 g/mol. The summed E-state index contributed by atoms with van der Waals surface area (Å²) in [6, 6.07) is 0. The van der Waals surface area contributed by atoms with E-state index in [2.05, 4.69) is 42.4 Å². The molecule has 0 bridgehead atoms. The van der Waals surface area contributed by atoms with Gasteiger partial charge in [0.1, 0.15) is 6.17 Å². The van der Waals surface area contributed by atoms with Crippen molar-refractivity contribution in [2.45, 2.75) is 124 Å². The van der Waals surface area contributed by atoms with E-state index in [-0.39, 0.29) is 0 Å². The lowest BCUT2D eigenvalue weighted by Crippen LogP contribution is -2.31. The van der Waals surface area contributed by atoms with E-state index in [9.17, 15) is 4.39 Å². The van der Waals surface area contributed by atoms with Crippen molar-refractivity contribution in [3.8, 4) is 0 Å². The second-order valence-electron chi connectivity index (χ2n) is 12.0. The molecule has 0 N–H and O–H groups in total. The molecular formula is C31H64FN3O3. The summed E-state index contributed by atoms with van der Waals surface area (Å²) in [6.07, 6.45) is 11.6. The van der Waals surface area contributed by atoms with Crippen molar-refractivity contribution >= 4 is 0 Å². The predicted molar refractivity (Wildman–Crippen MR) is 159 cm³/mol. The van der Waals surface area contributed by atoms with Gasteiger partial charge in [0, 0.05) is 52.5 Å². The number of hydrogen-bond donors (Lipinski definition) is 0. The second-order valence-corrected chi connectivity index (χ2v) is 12.0. The van der Waals surface area contributed by atoms with Crippen LogP contribution in [0.3, 0.4) is 0 Å². The highest BCUT2D eigenvalue weighted by atomic mass is 19.1. The number of hydrogen-bond acceptors (Lipinski definition) is 6. The fraction of sp³-hybridized carbons (Fsp3) is 1.00. The zero-order valence-electron chi connectivity index (χ0n) is 26.1. The van der Waals surface area contributed by atoms with Crippen LogP contribution in [-0.4, -0.2) is 118 Å². The van der Waals surface area contributed by atoms with Crippen LogP contribution in [0, 0.1) is 0 Å². The van der Waals surface area contributed by atoms with Crippen molar-refractivity contribution in [3.05, 3.63) is 0 Å². The lowest BCUT2D eigenvalue weighted by Gasteiger charge is -2.26. The van der Waals surface area contributed by atoms with Crippen LogP contribution < -0.4 is 0 Å². The third-order valence-corrected chi connectivity index (χ3v) is 7.07. The van der Waals surface area contributed by atoms with Gasteiger partial charge in [0.15, 0.2) is 0 Å². The number of alkyl halides is 1. The van der Waals surface area contributed by atoms with Crippen LogP contribution in [0.1, 0.15) is 99.3 Å². The van der Waals surface area contributed by atoms with E-state index in [0.29, 0.717) is 31.3 Å². The van der Waals surface area contributed by atoms with Gasteiger partial charge in [-0.3, -0.25) is 0 Å². The summed E-state index contributed by atoms with van der Waals surface area (Å²) in [5.74, 6) is 0. The molecule has 6 nitrogen and oxygen atoms in total. The Bertz CT molecular complexity index is 496.